The molecule has 0 unspecified atom stereocenters. The highest BCUT2D eigenvalue weighted by molar-refractivity contribution is 8.00. The Morgan fingerprint density at radius 2 is 2.28 bits per heavy atom. The Hall–Kier alpha value is -1.38. The monoisotopic (exact) mass is 274 g/mol. The third kappa shape index (κ3) is 2.14. The van der Waals surface area contributed by atoms with Crippen LogP contribution in [-0.2, 0) is 0 Å². The zero-order valence-corrected chi connectivity index (χ0v) is 9.93. The summed E-state index contributed by atoms with van der Waals surface area (Å²) >= 11 is 1.06. The Bertz CT molecular complexity index is 582. The van der Waals surface area contributed by atoms with Crippen LogP contribution in [-0.4, -0.2) is 37.7 Å². The number of hydrogen-bond donors (Lipinski definition) is 3. The standard InChI is InChI=1S/C10H11FN2O4S/c11-3-5-8(16)6(4-14)18-9(5)13-2-1-7(15)12-10(13)17/h1-3,6,8-9,14,16H,4H2,(H,12,15,17)/b5-3-/t6-,8+,9-/m1/s1. The Kier molecular flexibility index (Phi) is 3.69. The zero-order chi connectivity index (χ0) is 13.3. The fraction of sp³-hybridized carbons (Fsp3) is 0.400. The highest BCUT2D eigenvalue weighted by atomic mass is 32.2. The number of thioether (sulfide) groups is 1. The van der Waals surface area contributed by atoms with Crippen molar-refractivity contribution in [2.24, 2.45) is 0 Å². The fourth-order valence-electron chi connectivity index (χ4n) is 1.78. The van der Waals surface area contributed by atoms with Crippen LogP contribution in [0.25, 0.3) is 0 Å². The minimum atomic E-state index is -1.16. The summed E-state index contributed by atoms with van der Waals surface area (Å²) in [6.07, 6.45) is 0.304. The molecular weight excluding hydrogens is 263 g/mol. The minimum Gasteiger partial charge on any atom is -0.395 e. The van der Waals surface area contributed by atoms with Gasteiger partial charge < -0.3 is 10.2 Å². The second-order valence-electron chi connectivity index (χ2n) is 3.78. The lowest BCUT2D eigenvalue weighted by Crippen LogP contribution is -2.30. The highest BCUT2D eigenvalue weighted by Gasteiger charge is 2.39. The van der Waals surface area contributed by atoms with Crippen molar-refractivity contribution in [1.29, 1.82) is 0 Å². The Morgan fingerprint density at radius 1 is 1.56 bits per heavy atom. The molecule has 1 saturated heterocycles. The van der Waals surface area contributed by atoms with Gasteiger partial charge >= 0.3 is 5.69 Å². The van der Waals surface area contributed by atoms with E-state index in [2.05, 4.69) is 4.98 Å². The first-order valence-electron chi connectivity index (χ1n) is 5.14. The molecule has 0 radical (unpaired) electrons. The fourth-order valence-corrected chi connectivity index (χ4v) is 3.15. The van der Waals surface area contributed by atoms with Gasteiger partial charge in [0.25, 0.3) is 5.56 Å². The summed E-state index contributed by atoms with van der Waals surface area (Å²) in [5.74, 6) is 0. The predicted molar refractivity (Wildman–Crippen MR) is 64.0 cm³/mol. The number of hydrogen-bond acceptors (Lipinski definition) is 5. The first-order valence-corrected chi connectivity index (χ1v) is 6.08. The van der Waals surface area contributed by atoms with Crippen LogP contribution < -0.4 is 11.2 Å². The van der Waals surface area contributed by atoms with E-state index in [0.29, 0.717) is 0 Å². The average molecular weight is 274 g/mol. The van der Waals surface area contributed by atoms with Gasteiger partial charge in [0, 0.05) is 17.8 Å². The molecule has 1 fully saturated rings. The van der Waals surface area contributed by atoms with Crippen LogP contribution in [0.5, 0.6) is 0 Å². The van der Waals surface area contributed by atoms with Crippen LogP contribution >= 0.6 is 11.8 Å². The lowest BCUT2D eigenvalue weighted by atomic mass is 10.1. The summed E-state index contributed by atoms with van der Waals surface area (Å²) in [5.41, 5.74) is -1.25. The maximum atomic E-state index is 12.8. The van der Waals surface area contributed by atoms with Crippen molar-refractivity contribution in [3.05, 3.63) is 45.0 Å². The number of aromatic amines is 1. The van der Waals surface area contributed by atoms with Gasteiger partial charge in [0.1, 0.15) is 5.37 Å². The van der Waals surface area contributed by atoms with Crippen molar-refractivity contribution in [2.45, 2.75) is 16.7 Å². The molecule has 0 amide bonds. The van der Waals surface area contributed by atoms with Gasteiger partial charge in [-0.2, -0.15) is 0 Å². The molecule has 3 atom stereocenters. The third-order valence-electron chi connectivity index (χ3n) is 2.69. The number of H-pyrrole nitrogens is 1. The van der Waals surface area contributed by atoms with Gasteiger partial charge in [-0.25, -0.2) is 9.18 Å². The molecule has 0 spiro atoms. The van der Waals surface area contributed by atoms with Gasteiger partial charge in [-0.1, -0.05) is 0 Å². The van der Waals surface area contributed by atoms with Gasteiger partial charge in [-0.3, -0.25) is 14.3 Å². The molecule has 98 valence electrons. The van der Waals surface area contributed by atoms with E-state index in [-0.39, 0.29) is 18.5 Å². The van der Waals surface area contributed by atoms with Gasteiger partial charge in [-0.05, 0) is 0 Å². The summed E-state index contributed by atoms with van der Waals surface area (Å²) < 4.78 is 13.9. The third-order valence-corrected chi connectivity index (χ3v) is 4.21. The van der Waals surface area contributed by atoms with Crippen LogP contribution in [0, 0.1) is 0 Å². The highest BCUT2D eigenvalue weighted by Crippen LogP contribution is 2.44. The van der Waals surface area contributed by atoms with Crippen molar-refractivity contribution >= 4 is 11.8 Å². The van der Waals surface area contributed by atoms with Crippen molar-refractivity contribution in [3.63, 3.8) is 0 Å². The van der Waals surface area contributed by atoms with Crippen molar-refractivity contribution in [3.8, 4) is 0 Å². The summed E-state index contributed by atoms with van der Waals surface area (Å²) in [7, 11) is 0. The molecule has 0 aromatic carbocycles. The summed E-state index contributed by atoms with van der Waals surface area (Å²) in [6.45, 7) is -0.336. The van der Waals surface area contributed by atoms with E-state index in [9.17, 15) is 19.1 Å². The van der Waals surface area contributed by atoms with Crippen molar-refractivity contribution in [1.82, 2.24) is 9.55 Å². The molecule has 0 saturated carbocycles. The smallest absolute Gasteiger partial charge is 0.329 e. The number of nitrogens with one attached hydrogen (secondary N) is 1. The lowest BCUT2D eigenvalue weighted by molar-refractivity contribution is 0.170. The molecule has 0 aliphatic carbocycles. The van der Waals surface area contributed by atoms with E-state index in [1.165, 1.54) is 6.20 Å². The van der Waals surface area contributed by atoms with E-state index in [4.69, 9.17) is 5.11 Å². The number of aliphatic hydroxyl groups excluding tert-OH is 2. The van der Waals surface area contributed by atoms with E-state index < -0.39 is 28.0 Å². The molecule has 2 rings (SSSR count). The number of aliphatic hydroxyl groups is 2. The van der Waals surface area contributed by atoms with E-state index in [1.54, 1.807) is 0 Å². The van der Waals surface area contributed by atoms with Crippen LogP contribution in [0.1, 0.15) is 5.37 Å². The first-order chi connectivity index (χ1) is 8.58. The second kappa shape index (κ2) is 5.09. The number of rotatable bonds is 2. The van der Waals surface area contributed by atoms with Crippen molar-refractivity contribution in [2.75, 3.05) is 6.61 Å². The molecule has 2 heterocycles. The lowest BCUT2D eigenvalue weighted by Gasteiger charge is -2.13. The maximum absolute atomic E-state index is 12.8. The SMILES string of the molecule is O=c1ccn([C@@H]2S[C@H](CO)[C@@H](O)/C2=C/F)c(=O)[nH]1. The molecule has 8 heteroatoms. The topological polar surface area (TPSA) is 95.3 Å². The summed E-state index contributed by atoms with van der Waals surface area (Å²) in [6, 6.07) is 1.14. The predicted octanol–water partition coefficient (Wildman–Crippen LogP) is -0.643. The molecule has 1 aliphatic rings. The van der Waals surface area contributed by atoms with Gasteiger partial charge in [0.05, 0.1) is 24.3 Å². The first kappa shape index (κ1) is 13.1. The molecule has 1 aliphatic heterocycles. The molecule has 3 N–H and O–H groups in total. The Morgan fingerprint density at radius 3 is 2.83 bits per heavy atom. The quantitative estimate of drug-likeness (QED) is 0.666. The number of nitrogens with zero attached hydrogens (tertiary/aromatic N) is 1. The van der Waals surface area contributed by atoms with Crippen LogP contribution in [0.3, 0.4) is 0 Å². The van der Waals surface area contributed by atoms with Crippen LogP contribution in [0.2, 0.25) is 0 Å². The van der Waals surface area contributed by atoms with Crippen LogP contribution in [0.4, 0.5) is 4.39 Å². The molecule has 0 bridgehead atoms. The number of halogens is 1. The number of aromatic nitrogens is 2. The Balaban J connectivity index is 2.45. The van der Waals surface area contributed by atoms with Gasteiger partial charge in [0.2, 0.25) is 0 Å². The summed E-state index contributed by atoms with van der Waals surface area (Å²) in [4.78, 5) is 24.6. The Labute approximate surface area is 105 Å². The van der Waals surface area contributed by atoms with Gasteiger partial charge in [-0.15, -0.1) is 11.8 Å². The zero-order valence-electron chi connectivity index (χ0n) is 9.12. The average Bonchev–Trinajstić information content (AvgIpc) is 2.65. The molecular formula is C10H11FN2O4S. The normalized spacial score (nSPS) is 29.9. The van der Waals surface area contributed by atoms with Crippen molar-refractivity contribution < 1.29 is 14.6 Å². The van der Waals surface area contributed by atoms with Gasteiger partial charge in [0.15, 0.2) is 0 Å². The van der Waals surface area contributed by atoms with E-state index in [1.807, 2.05) is 0 Å². The molecule has 18 heavy (non-hydrogen) atoms. The van der Waals surface area contributed by atoms with E-state index in [0.717, 1.165) is 22.4 Å². The molecule has 1 aromatic rings. The second-order valence-corrected chi connectivity index (χ2v) is 5.11. The van der Waals surface area contributed by atoms with Crippen LogP contribution in [0.15, 0.2) is 33.8 Å². The minimum absolute atomic E-state index is 0.00630. The molecule has 1 aromatic heterocycles. The maximum Gasteiger partial charge on any atom is 0.329 e. The largest absolute Gasteiger partial charge is 0.395 e. The summed E-state index contributed by atoms with van der Waals surface area (Å²) in [5, 5.41) is 17.4. The van der Waals surface area contributed by atoms with E-state index >= 15 is 0 Å². The molecule has 6 nitrogen and oxygen atoms in total.